The number of hydrogen-bond donors (Lipinski definition) is 1. The smallest absolute Gasteiger partial charge is 0.254 e. The molecular formula is C27H26N6O2. The Balaban J connectivity index is 1.45. The van der Waals surface area contributed by atoms with Crippen LogP contribution < -0.4 is 10.2 Å². The average Bonchev–Trinajstić information content (AvgIpc) is 2.88. The lowest BCUT2D eigenvalue weighted by Gasteiger charge is -2.35. The van der Waals surface area contributed by atoms with Crippen molar-refractivity contribution in [3.05, 3.63) is 78.1 Å². The van der Waals surface area contributed by atoms with E-state index in [2.05, 4.69) is 20.2 Å². The first-order valence-corrected chi connectivity index (χ1v) is 11.6. The number of aromatic nitrogens is 3. The maximum Gasteiger partial charge on any atom is 0.254 e. The number of amides is 2. The molecule has 1 saturated heterocycles. The lowest BCUT2D eigenvalue weighted by molar-refractivity contribution is -0.114. The van der Waals surface area contributed by atoms with Crippen LogP contribution >= 0.6 is 0 Å². The van der Waals surface area contributed by atoms with Gasteiger partial charge in [-0.3, -0.25) is 9.59 Å². The molecule has 4 aromatic rings. The fourth-order valence-corrected chi connectivity index (χ4v) is 4.33. The predicted molar refractivity (Wildman–Crippen MR) is 136 cm³/mol. The molecule has 8 heteroatoms. The number of anilines is 2. The van der Waals surface area contributed by atoms with Crippen molar-refractivity contribution in [2.24, 2.45) is 0 Å². The second-order valence-electron chi connectivity index (χ2n) is 8.66. The Labute approximate surface area is 203 Å². The maximum atomic E-state index is 13.7. The van der Waals surface area contributed by atoms with Crippen LogP contribution in [0.25, 0.3) is 22.2 Å². The summed E-state index contributed by atoms with van der Waals surface area (Å²) in [5.41, 5.74) is 4.81. The molecule has 2 aromatic carbocycles. The summed E-state index contributed by atoms with van der Waals surface area (Å²) in [6.45, 7) is 6.03. The van der Waals surface area contributed by atoms with Crippen LogP contribution in [0.5, 0.6) is 0 Å². The van der Waals surface area contributed by atoms with Gasteiger partial charge in [-0.1, -0.05) is 23.8 Å². The van der Waals surface area contributed by atoms with Gasteiger partial charge in [0.05, 0.1) is 16.8 Å². The van der Waals surface area contributed by atoms with E-state index in [1.165, 1.54) is 6.92 Å². The summed E-state index contributed by atoms with van der Waals surface area (Å²) in [6, 6.07) is 17.1. The Morgan fingerprint density at radius 1 is 0.914 bits per heavy atom. The molecule has 176 valence electrons. The highest BCUT2D eigenvalue weighted by atomic mass is 16.2. The van der Waals surface area contributed by atoms with Crippen molar-refractivity contribution in [1.82, 2.24) is 19.9 Å². The molecular weight excluding hydrogens is 440 g/mol. The minimum absolute atomic E-state index is 0.00672. The lowest BCUT2D eigenvalue weighted by Crippen LogP contribution is -2.49. The molecule has 0 bridgehead atoms. The second kappa shape index (κ2) is 9.50. The number of rotatable bonds is 4. The van der Waals surface area contributed by atoms with Gasteiger partial charge in [-0.15, -0.1) is 0 Å². The van der Waals surface area contributed by atoms with Crippen molar-refractivity contribution >= 4 is 34.4 Å². The normalized spacial score (nSPS) is 13.7. The first-order valence-electron chi connectivity index (χ1n) is 11.6. The summed E-state index contributed by atoms with van der Waals surface area (Å²) in [5.74, 6) is 0.561. The Morgan fingerprint density at radius 2 is 1.63 bits per heavy atom. The van der Waals surface area contributed by atoms with Gasteiger partial charge in [-0.05, 0) is 43.3 Å². The van der Waals surface area contributed by atoms with E-state index < -0.39 is 0 Å². The van der Waals surface area contributed by atoms with E-state index in [1.807, 2.05) is 60.4 Å². The largest absolute Gasteiger partial charge is 0.337 e. The van der Waals surface area contributed by atoms with E-state index in [-0.39, 0.29) is 11.8 Å². The van der Waals surface area contributed by atoms with Crippen LogP contribution in [0.2, 0.25) is 0 Å². The van der Waals surface area contributed by atoms with Crippen molar-refractivity contribution in [1.29, 1.82) is 0 Å². The van der Waals surface area contributed by atoms with Gasteiger partial charge in [-0.25, -0.2) is 15.0 Å². The summed E-state index contributed by atoms with van der Waals surface area (Å²) >= 11 is 0. The van der Waals surface area contributed by atoms with E-state index in [4.69, 9.17) is 4.98 Å². The molecule has 2 amide bonds. The fraction of sp³-hybridized carbons (Fsp3) is 0.222. The van der Waals surface area contributed by atoms with Gasteiger partial charge in [-0.2, -0.15) is 0 Å². The third-order valence-electron chi connectivity index (χ3n) is 6.10. The van der Waals surface area contributed by atoms with Crippen molar-refractivity contribution < 1.29 is 9.59 Å². The second-order valence-corrected chi connectivity index (χ2v) is 8.66. The third-order valence-corrected chi connectivity index (χ3v) is 6.10. The van der Waals surface area contributed by atoms with Crippen LogP contribution in [0.1, 0.15) is 22.8 Å². The molecule has 0 atom stereocenters. The third kappa shape index (κ3) is 4.82. The first-order chi connectivity index (χ1) is 17.0. The Kier molecular flexibility index (Phi) is 6.10. The van der Waals surface area contributed by atoms with Gasteiger partial charge < -0.3 is 15.1 Å². The number of carbonyl (C=O) groups is 2. The zero-order valence-electron chi connectivity index (χ0n) is 19.7. The minimum atomic E-state index is -0.122. The topological polar surface area (TPSA) is 91.3 Å². The molecule has 35 heavy (non-hydrogen) atoms. The molecule has 3 heterocycles. The number of aryl methyl sites for hydroxylation is 1. The molecule has 8 nitrogen and oxygen atoms in total. The van der Waals surface area contributed by atoms with Gasteiger partial charge in [0.2, 0.25) is 11.9 Å². The van der Waals surface area contributed by atoms with Crippen molar-refractivity contribution in [2.75, 3.05) is 36.4 Å². The predicted octanol–water partition coefficient (Wildman–Crippen LogP) is 3.92. The van der Waals surface area contributed by atoms with Crippen LogP contribution in [0.4, 0.5) is 11.6 Å². The first kappa shape index (κ1) is 22.5. The van der Waals surface area contributed by atoms with E-state index >= 15 is 0 Å². The molecule has 0 saturated carbocycles. The van der Waals surface area contributed by atoms with Crippen molar-refractivity contribution in [3.8, 4) is 11.3 Å². The zero-order valence-corrected chi connectivity index (χ0v) is 19.7. The van der Waals surface area contributed by atoms with Crippen LogP contribution in [-0.4, -0.2) is 57.8 Å². The zero-order chi connectivity index (χ0) is 24.4. The number of fused-ring (bicyclic) bond motifs is 1. The number of piperazine rings is 1. The number of nitrogens with one attached hydrogen (secondary N) is 1. The monoisotopic (exact) mass is 466 g/mol. The fourth-order valence-electron chi connectivity index (χ4n) is 4.33. The molecule has 1 fully saturated rings. The molecule has 2 aromatic heterocycles. The molecule has 1 aliphatic rings. The van der Waals surface area contributed by atoms with E-state index in [9.17, 15) is 9.59 Å². The molecule has 0 spiro atoms. The lowest BCUT2D eigenvalue weighted by atomic mass is 10.0. The number of hydrogen-bond acceptors (Lipinski definition) is 6. The van der Waals surface area contributed by atoms with Gasteiger partial charge >= 0.3 is 0 Å². The number of pyridine rings is 1. The van der Waals surface area contributed by atoms with Crippen molar-refractivity contribution in [2.45, 2.75) is 13.8 Å². The SMILES string of the molecule is CC(=O)Nc1ccc(-c2cc(C(=O)N3CCN(c4ncccn4)CC3)c3cc(C)ccc3n2)cc1. The van der Waals surface area contributed by atoms with E-state index in [0.717, 1.165) is 27.7 Å². The van der Waals surface area contributed by atoms with Gasteiger partial charge in [0.25, 0.3) is 5.91 Å². The quantitative estimate of drug-likeness (QED) is 0.490. The summed E-state index contributed by atoms with van der Waals surface area (Å²) in [4.78, 5) is 42.5. The summed E-state index contributed by atoms with van der Waals surface area (Å²) in [5, 5.41) is 3.62. The van der Waals surface area contributed by atoms with Crippen LogP contribution in [0, 0.1) is 6.92 Å². The number of carbonyl (C=O) groups excluding carboxylic acids is 2. The summed E-state index contributed by atoms with van der Waals surface area (Å²) in [6.07, 6.45) is 3.46. The minimum Gasteiger partial charge on any atom is -0.337 e. The molecule has 0 unspecified atom stereocenters. The highest BCUT2D eigenvalue weighted by Gasteiger charge is 2.25. The summed E-state index contributed by atoms with van der Waals surface area (Å²) < 4.78 is 0. The molecule has 1 N–H and O–H groups in total. The van der Waals surface area contributed by atoms with E-state index in [1.54, 1.807) is 18.5 Å². The van der Waals surface area contributed by atoms with Gasteiger partial charge in [0, 0.05) is 62.1 Å². The maximum absolute atomic E-state index is 13.7. The van der Waals surface area contributed by atoms with E-state index in [0.29, 0.717) is 43.4 Å². The standard InChI is InChI=1S/C27H26N6O2/c1-18-4-9-24-22(16-18)23(17-25(31-24)20-5-7-21(8-6-20)30-19(2)34)26(35)32-12-14-33(15-13-32)27-28-10-3-11-29-27/h3-11,16-17H,12-15H2,1-2H3,(H,30,34). The van der Waals surface area contributed by atoms with Crippen LogP contribution in [0.15, 0.2) is 67.0 Å². The molecule has 1 aliphatic heterocycles. The Morgan fingerprint density at radius 3 is 2.31 bits per heavy atom. The average molecular weight is 467 g/mol. The molecule has 5 rings (SSSR count). The van der Waals surface area contributed by atoms with Crippen LogP contribution in [-0.2, 0) is 4.79 Å². The Bertz CT molecular complexity index is 1380. The highest BCUT2D eigenvalue weighted by Crippen LogP contribution is 2.28. The molecule has 0 radical (unpaired) electrons. The summed E-state index contributed by atoms with van der Waals surface area (Å²) in [7, 11) is 0. The number of benzene rings is 2. The van der Waals surface area contributed by atoms with Gasteiger partial charge in [0.1, 0.15) is 0 Å². The Hall–Kier alpha value is -4.33. The van der Waals surface area contributed by atoms with Crippen LogP contribution in [0.3, 0.4) is 0 Å². The molecule has 0 aliphatic carbocycles. The highest BCUT2D eigenvalue weighted by molar-refractivity contribution is 6.07. The number of nitrogens with zero attached hydrogens (tertiary/aromatic N) is 5. The van der Waals surface area contributed by atoms with Crippen molar-refractivity contribution in [3.63, 3.8) is 0 Å². The van der Waals surface area contributed by atoms with Gasteiger partial charge in [0.15, 0.2) is 0 Å².